The van der Waals surface area contributed by atoms with Gasteiger partial charge in [0.25, 0.3) is 0 Å². The highest BCUT2D eigenvalue weighted by Crippen LogP contribution is 2.14. The van der Waals surface area contributed by atoms with E-state index in [9.17, 15) is 8.42 Å². The van der Waals surface area contributed by atoms with Gasteiger partial charge in [-0.25, -0.2) is 8.42 Å². The summed E-state index contributed by atoms with van der Waals surface area (Å²) in [7, 11) is -1.79. The molecule has 0 saturated heterocycles. The zero-order valence-electron chi connectivity index (χ0n) is 10.2. The largest absolute Gasteiger partial charge is 0.396 e. The minimum atomic E-state index is -2.84. The Bertz CT molecular complexity index is 238. The number of aliphatic hydroxyl groups is 1. The Hall–Kier alpha value is 0.260. The van der Waals surface area contributed by atoms with Crippen LogP contribution in [0.25, 0.3) is 0 Å². The molecule has 0 aromatic carbocycles. The molecule has 0 atom stereocenters. The number of unbranched alkanes of at least 4 members (excludes halogenated alkanes) is 7. The first-order valence-corrected chi connectivity index (χ1v) is 9.41. The first-order chi connectivity index (χ1) is 7.56. The average Bonchev–Trinajstić information content (AvgIpc) is 2.19. The molecule has 3 nitrogen and oxygen atoms in total. The highest BCUT2D eigenvalue weighted by Gasteiger charge is 2.01. The van der Waals surface area contributed by atoms with E-state index in [1.54, 1.807) is 0 Å². The van der Waals surface area contributed by atoms with Gasteiger partial charge in [0.2, 0.25) is 0 Å². The molecule has 5 heteroatoms. The molecule has 0 aliphatic carbocycles. The molecule has 0 aliphatic rings. The predicted molar refractivity (Wildman–Crippen MR) is 71.3 cm³/mol. The zero-order valence-corrected chi connectivity index (χ0v) is 11.8. The van der Waals surface area contributed by atoms with Crippen molar-refractivity contribution < 1.29 is 13.5 Å². The van der Waals surface area contributed by atoms with Gasteiger partial charge in [0.05, 0.1) is 0 Å². The summed E-state index contributed by atoms with van der Waals surface area (Å²) in [5.41, 5.74) is 0. The SMILES string of the molecule is CS(=O)(=O)SCCCCCCCCCCO. The second-order valence-electron chi connectivity index (χ2n) is 4.08. The quantitative estimate of drug-likeness (QED) is 0.462. The summed E-state index contributed by atoms with van der Waals surface area (Å²) in [5.74, 6) is 0.726. The van der Waals surface area contributed by atoms with Crippen LogP contribution in [0.15, 0.2) is 0 Å². The van der Waals surface area contributed by atoms with E-state index in [1.807, 2.05) is 0 Å². The standard InChI is InChI=1S/C11H24O3S2/c1-16(13,14)15-11-9-7-5-3-2-4-6-8-10-12/h12H,2-11H2,1H3. The fraction of sp³-hybridized carbons (Fsp3) is 1.00. The van der Waals surface area contributed by atoms with Gasteiger partial charge in [0.15, 0.2) is 8.87 Å². The van der Waals surface area contributed by atoms with E-state index in [-0.39, 0.29) is 0 Å². The average molecular weight is 268 g/mol. The van der Waals surface area contributed by atoms with Crippen LogP contribution in [-0.4, -0.2) is 32.1 Å². The van der Waals surface area contributed by atoms with Crippen molar-refractivity contribution in [2.24, 2.45) is 0 Å². The van der Waals surface area contributed by atoms with Crippen LogP contribution < -0.4 is 0 Å². The van der Waals surface area contributed by atoms with E-state index in [4.69, 9.17) is 5.11 Å². The Morgan fingerprint density at radius 1 is 0.875 bits per heavy atom. The molecule has 0 aromatic rings. The second kappa shape index (κ2) is 10.4. The lowest BCUT2D eigenvalue weighted by atomic mass is 10.1. The van der Waals surface area contributed by atoms with Gasteiger partial charge < -0.3 is 5.11 Å². The van der Waals surface area contributed by atoms with Gasteiger partial charge in [0, 0.05) is 18.6 Å². The molecule has 0 radical (unpaired) electrons. The molecule has 0 spiro atoms. The van der Waals surface area contributed by atoms with Crippen LogP contribution in [0, 0.1) is 0 Å². The second-order valence-corrected chi connectivity index (χ2v) is 8.65. The van der Waals surface area contributed by atoms with Crippen molar-refractivity contribution in [1.29, 1.82) is 0 Å². The smallest absolute Gasteiger partial charge is 0.198 e. The topological polar surface area (TPSA) is 54.4 Å². The fourth-order valence-corrected chi connectivity index (χ4v) is 3.37. The number of hydrogen-bond acceptors (Lipinski definition) is 4. The molecule has 1 N–H and O–H groups in total. The van der Waals surface area contributed by atoms with Gasteiger partial charge in [-0.15, -0.1) is 0 Å². The van der Waals surface area contributed by atoms with Gasteiger partial charge in [0.1, 0.15) is 0 Å². The number of hydrogen-bond donors (Lipinski definition) is 1. The lowest BCUT2D eigenvalue weighted by molar-refractivity contribution is 0.282. The Morgan fingerprint density at radius 3 is 1.75 bits per heavy atom. The zero-order chi connectivity index (χ0) is 12.3. The van der Waals surface area contributed by atoms with E-state index < -0.39 is 8.87 Å². The van der Waals surface area contributed by atoms with Crippen LogP contribution in [-0.2, 0) is 8.87 Å². The summed E-state index contributed by atoms with van der Waals surface area (Å²) in [6.45, 7) is 0.308. The molecule has 0 aliphatic heterocycles. The summed E-state index contributed by atoms with van der Waals surface area (Å²) in [6, 6.07) is 0. The molecule has 16 heavy (non-hydrogen) atoms. The van der Waals surface area contributed by atoms with Gasteiger partial charge in [-0.3, -0.25) is 0 Å². The first kappa shape index (κ1) is 16.3. The van der Waals surface area contributed by atoms with Crippen molar-refractivity contribution in [3.63, 3.8) is 0 Å². The Morgan fingerprint density at radius 2 is 1.31 bits per heavy atom. The highest BCUT2D eigenvalue weighted by molar-refractivity contribution is 8.71. The molecule has 0 fully saturated rings. The van der Waals surface area contributed by atoms with Crippen molar-refractivity contribution in [2.45, 2.75) is 51.4 Å². The van der Waals surface area contributed by atoms with E-state index in [0.29, 0.717) is 6.61 Å². The Balaban J connectivity index is 3.05. The van der Waals surface area contributed by atoms with Crippen LogP contribution >= 0.6 is 10.8 Å². The van der Waals surface area contributed by atoms with Gasteiger partial charge >= 0.3 is 0 Å². The third kappa shape index (κ3) is 14.3. The van der Waals surface area contributed by atoms with Crippen molar-refractivity contribution in [3.8, 4) is 0 Å². The summed E-state index contributed by atoms with van der Waals surface area (Å²) < 4.78 is 21.6. The number of aliphatic hydroxyl groups excluding tert-OH is 1. The molecule has 0 saturated carbocycles. The number of rotatable bonds is 11. The maximum absolute atomic E-state index is 10.8. The van der Waals surface area contributed by atoms with Gasteiger partial charge in [-0.2, -0.15) is 0 Å². The fourth-order valence-electron chi connectivity index (χ4n) is 1.48. The third-order valence-electron chi connectivity index (χ3n) is 2.35. The van der Waals surface area contributed by atoms with Crippen LogP contribution in [0.1, 0.15) is 51.4 Å². The molecule has 0 unspecified atom stereocenters. The molecule has 0 amide bonds. The first-order valence-electron chi connectivity index (χ1n) is 6.01. The molecular formula is C11H24O3S2. The van der Waals surface area contributed by atoms with E-state index in [1.165, 1.54) is 31.9 Å². The summed E-state index contributed by atoms with van der Waals surface area (Å²) in [5, 5.41) is 8.58. The molecular weight excluding hydrogens is 244 g/mol. The Kier molecular flexibility index (Phi) is 10.6. The summed E-state index contributed by atoms with van der Waals surface area (Å²) in [4.78, 5) is 0. The third-order valence-corrected chi connectivity index (χ3v) is 5.02. The summed E-state index contributed by atoms with van der Waals surface area (Å²) in [6.07, 6.45) is 10.3. The van der Waals surface area contributed by atoms with Crippen molar-refractivity contribution in [2.75, 3.05) is 18.6 Å². The molecule has 0 rings (SSSR count). The van der Waals surface area contributed by atoms with Crippen LogP contribution in [0.2, 0.25) is 0 Å². The lowest BCUT2D eigenvalue weighted by Gasteiger charge is -2.01. The van der Waals surface area contributed by atoms with E-state index in [2.05, 4.69) is 0 Å². The van der Waals surface area contributed by atoms with Gasteiger partial charge in [-0.05, 0) is 23.6 Å². The van der Waals surface area contributed by atoms with Gasteiger partial charge in [-0.1, -0.05) is 38.5 Å². The van der Waals surface area contributed by atoms with Crippen molar-refractivity contribution >= 4 is 19.7 Å². The lowest BCUT2D eigenvalue weighted by Crippen LogP contribution is -1.91. The highest BCUT2D eigenvalue weighted by atomic mass is 33.1. The molecule has 0 aromatic heterocycles. The van der Waals surface area contributed by atoms with Crippen molar-refractivity contribution in [1.82, 2.24) is 0 Å². The minimum Gasteiger partial charge on any atom is -0.396 e. The van der Waals surface area contributed by atoms with Crippen LogP contribution in [0.4, 0.5) is 0 Å². The Labute approximate surface area is 103 Å². The summed E-state index contributed by atoms with van der Waals surface area (Å²) >= 11 is 0. The maximum Gasteiger partial charge on any atom is 0.198 e. The normalized spacial score (nSPS) is 11.9. The maximum atomic E-state index is 10.8. The van der Waals surface area contributed by atoms with Crippen molar-refractivity contribution in [3.05, 3.63) is 0 Å². The van der Waals surface area contributed by atoms with Crippen LogP contribution in [0.5, 0.6) is 0 Å². The van der Waals surface area contributed by atoms with E-state index >= 15 is 0 Å². The molecule has 98 valence electrons. The predicted octanol–water partition coefficient (Wildman–Crippen LogP) is 2.79. The van der Waals surface area contributed by atoms with E-state index in [0.717, 1.165) is 42.2 Å². The van der Waals surface area contributed by atoms with Crippen LogP contribution in [0.3, 0.4) is 0 Å². The monoisotopic (exact) mass is 268 g/mol. The minimum absolute atomic E-state index is 0.308. The molecule has 0 bridgehead atoms. The molecule has 0 heterocycles.